The minimum atomic E-state index is -3.19. The van der Waals surface area contributed by atoms with Gasteiger partial charge in [0.2, 0.25) is 0 Å². The zero-order valence-corrected chi connectivity index (χ0v) is 9.14. The monoisotopic (exact) mass is 255 g/mol. The molecule has 1 aliphatic rings. The summed E-state index contributed by atoms with van der Waals surface area (Å²) in [5, 5.41) is 0.162. The summed E-state index contributed by atoms with van der Waals surface area (Å²) in [4.78, 5) is 12.4. The van der Waals surface area contributed by atoms with Gasteiger partial charge in [0.1, 0.15) is 0 Å². The van der Waals surface area contributed by atoms with Gasteiger partial charge in [-0.2, -0.15) is 8.78 Å². The van der Waals surface area contributed by atoms with E-state index in [2.05, 4.69) is 15.9 Å². The third-order valence-electron chi connectivity index (χ3n) is 2.29. The first-order valence-corrected chi connectivity index (χ1v) is 5.28. The molecule has 0 spiro atoms. The smallest absolute Gasteiger partial charge is 0.330 e. The van der Waals surface area contributed by atoms with Gasteiger partial charge in [0.25, 0.3) is 5.91 Å². The van der Waals surface area contributed by atoms with Gasteiger partial charge in [-0.1, -0.05) is 15.9 Å². The second-order valence-electron chi connectivity index (χ2n) is 3.53. The van der Waals surface area contributed by atoms with Crippen LogP contribution in [0.1, 0.15) is 13.8 Å². The first kappa shape index (κ1) is 10.9. The van der Waals surface area contributed by atoms with E-state index in [4.69, 9.17) is 0 Å². The summed E-state index contributed by atoms with van der Waals surface area (Å²) in [6, 6.07) is -0.151. The largest absolute Gasteiger partial charge is 0.334 e. The van der Waals surface area contributed by atoms with Crippen LogP contribution in [0.25, 0.3) is 0 Å². The molecule has 1 aliphatic heterocycles. The fourth-order valence-electron chi connectivity index (χ4n) is 1.39. The minimum Gasteiger partial charge on any atom is -0.334 e. The average Bonchev–Trinajstić information content (AvgIpc) is 2.25. The highest BCUT2D eigenvalue weighted by atomic mass is 79.9. The van der Waals surface area contributed by atoms with Crippen LogP contribution in [0.2, 0.25) is 0 Å². The number of amides is 1. The van der Waals surface area contributed by atoms with E-state index in [-0.39, 0.29) is 17.9 Å². The van der Waals surface area contributed by atoms with E-state index in [0.717, 1.165) is 0 Å². The lowest BCUT2D eigenvalue weighted by molar-refractivity contribution is -0.151. The molecule has 1 heterocycles. The van der Waals surface area contributed by atoms with Crippen molar-refractivity contribution in [2.75, 3.05) is 11.9 Å². The molecular formula is C8H12BrF2NO. The summed E-state index contributed by atoms with van der Waals surface area (Å²) >= 11 is 3.00. The van der Waals surface area contributed by atoms with Crippen LogP contribution in [0.4, 0.5) is 8.78 Å². The Hall–Kier alpha value is -0.190. The summed E-state index contributed by atoms with van der Waals surface area (Å²) in [6.07, 6.45) is 0. The SMILES string of the molecule is CC(C)N1C[C@H](CBr)C(F)(F)C1=O. The van der Waals surface area contributed by atoms with Crippen molar-refractivity contribution in [2.45, 2.75) is 25.8 Å². The molecule has 0 aromatic carbocycles. The fraction of sp³-hybridized carbons (Fsp3) is 0.875. The predicted molar refractivity (Wildman–Crippen MR) is 49.1 cm³/mol. The van der Waals surface area contributed by atoms with Crippen molar-refractivity contribution in [1.29, 1.82) is 0 Å². The van der Waals surface area contributed by atoms with Crippen molar-refractivity contribution < 1.29 is 13.6 Å². The molecule has 0 radical (unpaired) electrons. The Balaban J connectivity index is 2.85. The molecule has 1 saturated heterocycles. The van der Waals surface area contributed by atoms with E-state index >= 15 is 0 Å². The lowest BCUT2D eigenvalue weighted by atomic mass is 10.1. The number of likely N-dealkylation sites (tertiary alicyclic amines) is 1. The molecule has 0 bridgehead atoms. The summed E-state index contributed by atoms with van der Waals surface area (Å²) < 4.78 is 26.4. The van der Waals surface area contributed by atoms with Crippen LogP contribution in [0.5, 0.6) is 0 Å². The minimum absolute atomic E-state index is 0.148. The second kappa shape index (κ2) is 3.52. The number of hydrogen-bond acceptors (Lipinski definition) is 1. The molecular weight excluding hydrogens is 244 g/mol. The number of carbonyl (C=O) groups excluding carboxylic acids is 1. The van der Waals surface area contributed by atoms with Gasteiger partial charge in [-0.25, -0.2) is 0 Å². The van der Waals surface area contributed by atoms with Gasteiger partial charge in [-0.15, -0.1) is 0 Å². The van der Waals surface area contributed by atoms with E-state index in [1.165, 1.54) is 4.90 Å². The Bertz CT molecular complexity index is 220. The molecule has 0 unspecified atom stereocenters. The van der Waals surface area contributed by atoms with Crippen LogP contribution in [0, 0.1) is 5.92 Å². The molecule has 0 N–H and O–H groups in total. The molecule has 1 amide bonds. The molecule has 0 aromatic heterocycles. The number of hydrogen-bond donors (Lipinski definition) is 0. The van der Waals surface area contributed by atoms with Crippen molar-refractivity contribution in [2.24, 2.45) is 5.92 Å². The number of carbonyl (C=O) groups is 1. The van der Waals surface area contributed by atoms with Crippen molar-refractivity contribution in [3.63, 3.8) is 0 Å². The van der Waals surface area contributed by atoms with E-state index < -0.39 is 17.7 Å². The predicted octanol–water partition coefficient (Wildman–Crippen LogP) is 1.88. The lowest BCUT2D eigenvalue weighted by Crippen LogP contribution is -2.38. The topological polar surface area (TPSA) is 20.3 Å². The van der Waals surface area contributed by atoms with Gasteiger partial charge in [0.05, 0.1) is 5.92 Å². The first-order valence-electron chi connectivity index (χ1n) is 4.16. The van der Waals surface area contributed by atoms with Crippen molar-refractivity contribution >= 4 is 21.8 Å². The van der Waals surface area contributed by atoms with Crippen LogP contribution in [-0.2, 0) is 4.79 Å². The van der Waals surface area contributed by atoms with Gasteiger partial charge in [-0.3, -0.25) is 4.79 Å². The third-order valence-corrected chi connectivity index (χ3v) is 3.07. The van der Waals surface area contributed by atoms with E-state index in [0.29, 0.717) is 0 Å². The standard InChI is InChI=1S/C8H12BrF2NO/c1-5(2)12-4-6(3-9)8(10,11)7(12)13/h5-6H,3-4H2,1-2H3/t6-/m0/s1. The molecule has 0 saturated carbocycles. The lowest BCUT2D eigenvalue weighted by Gasteiger charge is -2.19. The van der Waals surface area contributed by atoms with Crippen molar-refractivity contribution in [3.8, 4) is 0 Å². The first-order chi connectivity index (χ1) is 5.91. The van der Waals surface area contributed by atoms with Crippen molar-refractivity contribution in [1.82, 2.24) is 4.90 Å². The highest BCUT2D eigenvalue weighted by Gasteiger charge is 2.55. The van der Waals surface area contributed by atoms with Gasteiger partial charge < -0.3 is 4.90 Å². The fourth-order valence-corrected chi connectivity index (χ4v) is 2.00. The maximum Gasteiger partial charge on any atom is 0.330 e. The summed E-state index contributed by atoms with van der Waals surface area (Å²) in [7, 11) is 0. The van der Waals surface area contributed by atoms with Gasteiger partial charge in [-0.05, 0) is 13.8 Å². The highest BCUT2D eigenvalue weighted by molar-refractivity contribution is 9.09. The Labute approximate surface area is 84.4 Å². The molecule has 1 rings (SSSR count). The maximum atomic E-state index is 13.2. The van der Waals surface area contributed by atoms with E-state index in [1.807, 2.05) is 0 Å². The Kier molecular flexibility index (Phi) is 2.95. The second-order valence-corrected chi connectivity index (χ2v) is 4.17. The van der Waals surface area contributed by atoms with Crippen LogP contribution in [-0.4, -0.2) is 34.6 Å². The number of halogens is 3. The summed E-state index contributed by atoms with van der Waals surface area (Å²) in [5.74, 6) is -5.11. The molecule has 13 heavy (non-hydrogen) atoms. The van der Waals surface area contributed by atoms with Gasteiger partial charge in [0, 0.05) is 17.9 Å². The molecule has 0 aliphatic carbocycles. The van der Waals surface area contributed by atoms with E-state index in [9.17, 15) is 13.6 Å². The number of alkyl halides is 3. The molecule has 1 atom stereocenters. The van der Waals surface area contributed by atoms with Crippen LogP contribution in [0.15, 0.2) is 0 Å². The summed E-state index contributed by atoms with van der Waals surface area (Å²) in [6.45, 7) is 3.63. The highest BCUT2D eigenvalue weighted by Crippen LogP contribution is 2.36. The molecule has 76 valence electrons. The van der Waals surface area contributed by atoms with Gasteiger partial charge >= 0.3 is 5.92 Å². The van der Waals surface area contributed by atoms with Crippen LogP contribution < -0.4 is 0 Å². The van der Waals surface area contributed by atoms with Crippen LogP contribution >= 0.6 is 15.9 Å². The molecule has 1 fully saturated rings. The molecule has 2 nitrogen and oxygen atoms in total. The number of rotatable bonds is 2. The quantitative estimate of drug-likeness (QED) is 0.691. The van der Waals surface area contributed by atoms with Crippen LogP contribution in [0.3, 0.4) is 0 Å². The Morgan fingerprint density at radius 2 is 2.23 bits per heavy atom. The Morgan fingerprint density at radius 1 is 1.69 bits per heavy atom. The zero-order valence-electron chi connectivity index (χ0n) is 7.56. The number of nitrogens with zero attached hydrogens (tertiary/aromatic N) is 1. The summed E-state index contributed by atoms with van der Waals surface area (Å²) in [5.41, 5.74) is 0. The molecule has 5 heteroatoms. The molecule has 0 aromatic rings. The maximum absolute atomic E-state index is 13.2. The zero-order chi connectivity index (χ0) is 10.2. The average molecular weight is 256 g/mol. The Morgan fingerprint density at radius 3 is 2.46 bits per heavy atom. The van der Waals surface area contributed by atoms with Gasteiger partial charge in [0.15, 0.2) is 0 Å². The third kappa shape index (κ3) is 1.71. The van der Waals surface area contributed by atoms with E-state index in [1.54, 1.807) is 13.8 Å². The normalized spacial score (nSPS) is 27.4. The van der Waals surface area contributed by atoms with Crippen molar-refractivity contribution in [3.05, 3.63) is 0 Å².